The predicted molar refractivity (Wildman–Crippen MR) is 73.3 cm³/mol. The van der Waals surface area contributed by atoms with Crippen molar-refractivity contribution in [2.75, 3.05) is 19.7 Å². The van der Waals surface area contributed by atoms with Gasteiger partial charge in [-0.3, -0.25) is 9.78 Å². The van der Waals surface area contributed by atoms with Crippen molar-refractivity contribution >= 4 is 11.9 Å². The highest BCUT2D eigenvalue weighted by Crippen LogP contribution is 2.17. The van der Waals surface area contributed by atoms with E-state index in [-0.39, 0.29) is 36.0 Å². The molecule has 1 fully saturated rings. The number of amides is 1. The number of carbonyl (C=O) groups is 2. The number of carboxylic acid groups (broad SMARTS) is 1. The van der Waals surface area contributed by atoms with E-state index < -0.39 is 5.97 Å². The van der Waals surface area contributed by atoms with Crippen LogP contribution in [-0.2, 0) is 9.53 Å². The molecule has 0 aliphatic carbocycles. The molecule has 7 nitrogen and oxygen atoms in total. The van der Waals surface area contributed by atoms with E-state index >= 15 is 0 Å². The normalized spacial score (nSPS) is 21.9. The van der Waals surface area contributed by atoms with E-state index in [1.165, 1.54) is 18.5 Å². The minimum absolute atomic E-state index is 0.0125. The smallest absolute Gasteiger partial charge is 0.339 e. The van der Waals surface area contributed by atoms with E-state index in [1.54, 1.807) is 4.90 Å². The Labute approximate surface area is 122 Å². The van der Waals surface area contributed by atoms with Gasteiger partial charge in [0.05, 0.1) is 18.4 Å². The summed E-state index contributed by atoms with van der Waals surface area (Å²) in [6.45, 7) is 4.60. The Kier molecular flexibility index (Phi) is 4.74. The molecule has 21 heavy (non-hydrogen) atoms. The van der Waals surface area contributed by atoms with Crippen molar-refractivity contribution in [3.05, 3.63) is 24.0 Å². The standard InChI is InChI=1S/C14H18N2O5/c1-9-6-16(7-10(2)21-9)13(17)8-20-12-5-15-4-3-11(12)14(18)19/h3-5,9-10H,6-8H2,1-2H3,(H,18,19). The van der Waals surface area contributed by atoms with Gasteiger partial charge in [0.2, 0.25) is 0 Å². The van der Waals surface area contributed by atoms with Gasteiger partial charge in [0.15, 0.2) is 12.4 Å². The number of aromatic carboxylic acids is 1. The molecule has 2 atom stereocenters. The van der Waals surface area contributed by atoms with Gasteiger partial charge in [0.1, 0.15) is 5.56 Å². The number of hydrogen-bond acceptors (Lipinski definition) is 5. The highest BCUT2D eigenvalue weighted by molar-refractivity contribution is 5.90. The van der Waals surface area contributed by atoms with Crippen LogP contribution in [0.4, 0.5) is 0 Å². The largest absolute Gasteiger partial charge is 0.481 e. The lowest BCUT2D eigenvalue weighted by Gasteiger charge is -2.35. The second-order valence-electron chi connectivity index (χ2n) is 5.02. The molecule has 1 aliphatic rings. The molecule has 0 aromatic carbocycles. The number of rotatable bonds is 4. The zero-order valence-electron chi connectivity index (χ0n) is 12.0. The third-order valence-corrected chi connectivity index (χ3v) is 3.14. The maximum atomic E-state index is 12.1. The van der Waals surface area contributed by atoms with E-state index in [4.69, 9.17) is 14.6 Å². The summed E-state index contributed by atoms with van der Waals surface area (Å²) in [5.74, 6) is -1.22. The van der Waals surface area contributed by atoms with Gasteiger partial charge in [-0.25, -0.2) is 4.79 Å². The molecule has 1 aromatic rings. The third-order valence-electron chi connectivity index (χ3n) is 3.14. The van der Waals surface area contributed by atoms with E-state index in [1.807, 2.05) is 13.8 Å². The molecule has 114 valence electrons. The summed E-state index contributed by atoms with van der Waals surface area (Å²) in [5.41, 5.74) is -0.0125. The van der Waals surface area contributed by atoms with E-state index in [2.05, 4.69) is 4.98 Å². The van der Waals surface area contributed by atoms with Gasteiger partial charge in [-0.15, -0.1) is 0 Å². The van der Waals surface area contributed by atoms with Crippen LogP contribution < -0.4 is 4.74 Å². The van der Waals surface area contributed by atoms with Crippen molar-refractivity contribution in [2.45, 2.75) is 26.1 Å². The first-order chi connectivity index (χ1) is 9.97. The summed E-state index contributed by atoms with van der Waals surface area (Å²) in [6, 6.07) is 1.33. The third kappa shape index (κ3) is 3.91. The molecule has 0 spiro atoms. The summed E-state index contributed by atoms with van der Waals surface area (Å²) >= 11 is 0. The van der Waals surface area contributed by atoms with Crippen LogP contribution in [0.3, 0.4) is 0 Å². The Hall–Kier alpha value is -2.15. The highest BCUT2D eigenvalue weighted by atomic mass is 16.5. The number of nitrogens with zero attached hydrogens (tertiary/aromatic N) is 2. The van der Waals surface area contributed by atoms with Gasteiger partial charge in [-0.1, -0.05) is 0 Å². The van der Waals surface area contributed by atoms with Crippen LogP contribution in [0.5, 0.6) is 5.75 Å². The van der Waals surface area contributed by atoms with Crippen LogP contribution in [0.2, 0.25) is 0 Å². The molecule has 0 bridgehead atoms. The molecule has 0 radical (unpaired) electrons. The number of carbonyl (C=O) groups excluding carboxylic acids is 1. The van der Waals surface area contributed by atoms with Crippen molar-refractivity contribution < 1.29 is 24.2 Å². The number of pyridine rings is 1. The van der Waals surface area contributed by atoms with Crippen molar-refractivity contribution in [3.63, 3.8) is 0 Å². The average molecular weight is 294 g/mol. The van der Waals surface area contributed by atoms with Gasteiger partial charge < -0.3 is 19.5 Å². The van der Waals surface area contributed by atoms with Gasteiger partial charge in [0, 0.05) is 19.3 Å². The monoisotopic (exact) mass is 294 g/mol. The number of morpholine rings is 1. The molecule has 2 unspecified atom stereocenters. The van der Waals surface area contributed by atoms with Crippen LogP contribution in [0.15, 0.2) is 18.5 Å². The molecule has 7 heteroatoms. The van der Waals surface area contributed by atoms with Gasteiger partial charge in [-0.2, -0.15) is 0 Å². The second-order valence-corrected chi connectivity index (χ2v) is 5.02. The molecular weight excluding hydrogens is 276 g/mol. The quantitative estimate of drug-likeness (QED) is 0.883. The zero-order valence-corrected chi connectivity index (χ0v) is 12.0. The van der Waals surface area contributed by atoms with Gasteiger partial charge in [-0.05, 0) is 19.9 Å². The fraction of sp³-hybridized carbons (Fsp3) is 0.500. The van der Waals surface area contributed by atoms with Crippen LogP contribution in [0, 0.1) is 0 Å². The number of ether oxygens (including phenoxy) is 2. The molecule has 1 N–H and O–H groups in total. The molecule has 1 saturated heterocycles. The Morgan fingerprint density at radius 3 is 2.71 bits per heavy atom. The van der Waals surface area contributed by atoms with Gasteiger partial charge in [0.25, 0.3) is 5.91 Å². The number of aromatic nitrogens is 1. The summed E-state index contributed by atoms with van der Waals surface area (Å²) in [7, 11) is 0. The van der Waals surface area contributed by atoms with Crippen molar-refractivity contribution in [1.29, 1.82) is 0 Å². The summed E-state index contributed by atoms with van der Waals surface area (Å²) in [5, 5.41) is 9.03. The number of carboxylic acids is 1. The summed E-state index contributed by atoms with van der Waals surface area (Å²) < 4.78 is 10.9. The lowest BCUT2D eigenvalue weighted by molar-refractivity contribution is -0.145. The summed E-state index contributed by atoms with van der Waals surface area (Å²) in [6.07, 6.45) is 2.61. The zero-order chi connectivity index (χ0) is 15.4. The van der Waals surface area contributed by atoms with Crippen molar-refractivity contribution in [3.8, 4) is 5.75 Å². The molecular formula is C14H18N2O5. The van der Waals surface area contributed by atoms with Crippen LogP contribution in [0.25, 0.3) is 0 Å². The van der Waals surface area contributed by atoms with E-state index in [0.29, 0.717) is 13.1 Å². The van der Waals surface area contributed by atoms with E-state index in [9.17, 15) is 9.59 Å². The molecule has 1 aliphatic heterocycles. The minimum Gasteiger partial charge on any atom is -0.481 e. The second kappa shape index (κ2) is 6.53. The topological polar surface area (TPSA) is 89.0 Å². The molecule has 0 saturated carbocycles. The Bertz CT molecular complexity index is 524. The molecule has 1 amide bonds. The van der Waals surface area contributed by atoms with Crippen molar-refractivity contribution in [2.24, 2.45) is 0 Å². The number of hydrogen-bond donors (Lipinski definition) is 1. The van der Waals surface area contributed by atoms with Crippen LogP contribution in [-0.4, -0.2) is 58.8 Å². The van der Waals surface area contributed by atoms with E-state index in [0.717, 1.165) is 0 Å². The maximum Gasteiger partial charge on any atom is 0.339 e. The Balaban J connectivity index is 1.97. The molecule has 2 rings (SSSR count). The fourth-order valence-electron chi connectivity index (χ4n) is 2.28. The predicted octanol–water partition coefficient (Wildman–Crippen LogP) is 0.794. The van der Waals surface area contributed by atoms with Gasteiger partial charge >= 0.3 is 5.97 Å². The molecule has 2 heterocycles. The summed E-state index contributed by atoms with van der Waals surface area (Å²) in [4.78, 5) is 28.6. The first kappa shape index (κ1) is 15.2. The lowest BCUT2D eigenvalue weighted by Crippen LogP contribution is -2.49. The van der Waals surface area contributed by atoms with Crippen LogP contribution >= 0.6 is 0 Å². The fourth-order valence-corrected chi connectivity index (χ4v) is 2.28. The average Bonchev–Trinajstić information content (AvgIpc) is 2.43. The lowest BCUT2D eigenvalue weighted by atomic mass is 10.2. The van der Waals surface area contributed by atoms with Crippen molar-refractivity contribution in [1.82, 2.24) is 9.88 Å². The Morgan fingerprint density at radius 2 is 2.10 bits per heavy atom. The SMILES string of the molecule is CC1CN(C(=O)COc2cnccc2C(=O)O)CC(C)O1. The first-order valence-electron chi connectivity index (χ1n) is 6.70. The Morgan fingerprint density at radius 1 is 1.43 bits per heavy atom. The highest BCUT2D eigenvalue weighted by Gasteiger charge is 2.26. The first-order valence-corrected chi connectivity index (χ1v) is 6.70. The van der Waals surface area contributed by atoms with Crippen LogP contribution in [0.1, 0.15) is 24.2 Å². The maximum absolute atomic E-state index is 12.1. The minimum atomic E-state index is -1.12. The molecule has 1 aromatic heterocycles.